The van der Waals surface area contributed by atoms with E-state index in [4.69, 9.17) is 21.1 Å². The zero-order valence-electron chi connectivity index (χ0n) is 19.9. The number of fused-ring (bicyclic) bond motifs is 2. The van der Waals surface area contributed by atoms with Gasteiger partial charge in [0, 0.05) is 17.0 Å². The second-order valence-corrected chi connectivity index (χ2v) is 10.5. The molecule has 0 bridgehead atoms. The number of Topliss-reactive ketones (excluding diaryl/α,β-unsaturated/α-hetero) is 1. The first-order valence-electron chi connectivity index (χ1n) is 11.6. The highest BCUT2D eigenvalue weighted by atomic mass is 35.5. The molecule has 1 fully saturated rings. The topological polar surface area (TPSA) is 89.0 Å². The number of carbonyl (C=O) groups excluding carboxylic acids is 2. The fraction of sp³-hybridized carbons (Fsp3) is 0.179. The van der Waals surface area contributed by atoms with E-state index in [9.17, 15) is 14.7 Å². The summed E-state index contributed by atoms with van der Waals surface area (Å²) >= 11 is 7.42. The van der Waals surface area contributed by atoms with E-state index in [1.807, 2.05) is 13.0 Å². The second kappa shape index (κ2) is 8.90. The van der Waals surface area contributed by atoms with Crippen LogP contribution in [0.4, 0.5) is 5.13 Å². The third-order valence-corrected chi connectivity index (χ3v) is 7.84. The molecule has 2 aliphatic rings. The molecular formula is C28H21ClN2O5S. The minimum atomic E-state index is -0.884. The maximum absolute atomic E-state index is 13.5. The average Bonchev–Trinajstić information content (AvgIpc) is 3.55. The number of thiazole rings is 1. The number of aliphatic hydroxyl groups excluding tert-OH is 1. The van der Waals surface area contributed by atoms with Crippen molar-refractivity contribution in [3.05, 3.63) is 87.9 Å². The highest BCUT2D eigenvalue weighted by Crippen LogP contribution is 2.45. The number of hydrogen-bond acceptors (Lipinski definition) is 7. The van der Waals surface area contributed by atoms with Gasteiger partial charge in [0.15, 0.2) is 5.13 Å². The van der Waals surface area contributed by atoms with E-state index < -0.39 is 17.7 Å². The van der Waals surface area contributed by atoms with Gasteiger partial charge in [0.1, 0.15) is 23.4 Å². The third-order valence-electron chi connectivity index (χ3n) is 6.59. The molecule has 1 amide bonds. The predicted molar refractivity (Wildman–Crippen MR) is 143 cm³/mol. The number of hydrogen-bond donors (Lipinski definition) is 1. The van der Waals surface area contributed by atoms with Gasteiger partial charge >= 0.3 is 5.91 Å². The third kappa shape index (κ3) is 3.93. The van der Waals surface area contributed by atoms with Crippen molar-refractivity contribution in [2.45, 2.75) is 25.5 Å². The molecule has 4 aromatic rings. The summed E-state index contributed by atoms with van der Waals surface area (Å²) in [5.41, 5.74) is 2.68. The van der Waals surface area contributed by atoms with Gasteiger partial charge in [-0.15, -0.1) is 0 Å². The van der Waals surface area contributed by atoms with Crippen molar-refractivity contribution in [1.82, 2.24) is 4.98 Å². The van der Waals surface area contributed by atoms with Crippen molar-refractivity contribution in [2.75, 3.05) is 12.0 Å². The zero-order chi connectivity index (χ0) is 25.8. The molecule has 7 nitrogen and oxygen atoms in total. The summed E-state index contributed by atoms with van der Waals surface area (Å²) in [6, 6.07) is 16.7. The lowest BCUT2D eigenvalue weighted by atomic mass is 9.94. The Bertz CT molecular complexity index is 1610. The number of ether oxygens (including phenoxy) is 2. The maximum atomic E-state index is 13.5. The van der Waals surface area contributed by atoms with Crippen molar-refractivity contribution < 1.29 is 24.2 Å². The molecule has 0 aliphatic carbocycles. The summed E-state index contributed by atoms with van der Waals surface area (Å²) in [5, 5.41) is 12.3. The van der Waals surface area contributed by atoms with Crippen molar-refractivity contribution >= 4 is 55.7 Å². The summed E-state index contributed by atoms with van der Waals surface area (Å²) in [4.78, 5) is 32.9. The number of rotatable bonds is 4. The van der Waals surface area contributed by atoms with Crippen molar-refractivity contribution in [3.63, 3.8) is 0 Å². The van der Waals surface area contributed by atoms with Gasteiger partial charge in [0.2, 0.25) is 0 Å². The highest BCUT2D eigenvalue weighted by Gasteiger charge is 2.48. The molecule has 0 saturated carbocycles. The summed E-state index contributed by atoms with van der Waals surface area (Å²) in [6.07, 6.45) is 0.728. The molecule has 1 aromatic heterocycles. The summed E-state index contributed by atoms with van der Waals surface area (Å²) < 4.78 is 11.8. The van der Waals surface area contributed by atoms with E-state index in [-0.39, 0.29) is 17.4 Å². The Balaban J connectivity index is 1.53. The molecule has 2 aliphatic heterocycles. The lowest BCUT2D eigenvalue weighted by molar-refractivity contribution is -0.132. The maximum Gasteiger partial charge on any atom is 0.301 e. The lowest BCUT2D eigenvalue weighted by Crippen LogP contribution is -2.29. The van der Waals surface area contributed by atoms with Gasteiger partial charge in [-0.1, -0.05) is 35.1 Å². The number of nitrogens with zero attached hydrogens (tertiary/aromatic N) is 2. The number of aliphatic hydroxyl groups is 1. The Morgan fingerprint density at radius 2 is 1.92 bits per heavy atom. The Labute approximate surface area is 221 Å². The Morgan fingerprint density at radius 3 is 2.68 bits per heavy atom. The predicted octanol–water partition coefficient (Wildman–Crippen LogP) is 5.91. The Hall–Kier alpha value is -3.88. The van der Waals surface area contributed by atoms with Crippen LogP contribution >= 0.6 is 22.9 Å². The molecule has 186 valence electrons. The standard InChI is InChI=1S/C28H21ClN2O5S/c1-14-11-17-12-16(5-10-21(17)36-14)25(32)23-24(15-3-7-19(35-2)8-4-15)31(27(34)26(23)33)28-30-20-9-6-18(29)13-22(20)37-28/h3-10,12-14,24,32H,11H2,1-2H3/b25-23+. The van der Waals surface area contributed by atoms with Gasteiger partial charge in [-0.2, -0.15) is 0 Å². The van der Waals surface area contributed by atoms with Crippen LogP contribution in [0, 0.1) is 0 Å². The van der Waals surface area contributed by atoms with Gasteiger partial charge in [-0.25, -0.2) is 4.98 Å². The van der Waals surface area contributed by atoms with Crippen LogP contribution in [0.1, 0.15) is 29.7 Å². The first kappa shape index (κ1) is 23.5. The van der Waals surface area contributed by atoms with Crippen LogP contribution in [-0.2, 0) is 16.0 Å². The van der Waals surface area contributed by atoms with Crippen molar-refractivity contribution in [3.8, 4) is 11.5 Å². The number of aromatic nitrogens is 1. The SMILES string of the molecule is COc1ccc(C2/C(=C(\O)c3ccc4c(c3)CC(C)O4)C(=O)C(=O)N2c2nc3ccc(Cl)cc3s2)cc1. The molecule has 3 aromatic carbocycles. The van der Waals surface area contributed by atoms with Crippen LogP contribution in [0.2, 0.25) is 5.02 Å². The van der Waals surface area contributed by atoms with E-state index in [0.29, 0.717) is 39.0 Å². The minimum Gasteiger partial charge on any atom is -0.507 e. The summed E-state index contributed by atoms with van der Waals surface area (Å²) in [6.45, 7) is 1.97. The normalized spacial score (nSPS) is 20.4. The fourth-order valence-electron chi connectivity index (χ4n) is 4.85. The molecule has 9 heteroatoms. The number of halogens is 1. The molecule has 6 rings (SSSR count). The van der Waals surface area contributed by atoms with E-state index in [1.165, 1.54) is 16.2 Å². The molecule has 3 heterocycles. The number of carbonyl (C=O) groups is 2. The van der Waals surface area contributed by atoms with Crippen LogP contribution < -0.4 is 14.4 Å². The smallest absolute Gasteiger partial charge is 0.301 e. The molecule has 0 spiro atoms. The molecule has 0 radical (unpaired) electrons. The molecule has 2 unspecified atom stereocenters. The Morgan fingerprint density at radius 1 is 1.14 bits per heavy atom. The van der Waals surface area contributed by atoms with Crippen molar-refractivity contribution in [1.29, 1.82) is 0 Å². The molecule has 1 saturated heterocycles. The van der Waals surface area contributed by atoms with Crippen molar-refractivity contribution in [2.24, 2.45) is 0 Å². The number of ketones is 1. The fourth-order valence-corrected chi connectivity index (χ4v) is 6.11. The molecule has 2 atom stereocenters. The van der Waals surface area contributed by atoms with Gasteiger partial charge in [0.25, 0.3) is 5.78 Å². The monoisotopic (exact) mass is 532 g/mol. The number of anilines is 1. The van der Waals surface area contributed by atoms with E-state index in [2.05, 4.69) is 4.98 Å². The minimum absolute atomic E-state index is 0.000584. The first-order valence-corrected chi connectivity index (χ1v) is 12.8. The molecule has 1 N–H and O–H groups in total. The zero-order valence-corrected chi connectivity index (χ0v) is 21.5. The van der Waals surface area contributed by atoms with Gasteiger partial charge in [-0.05, 0) is 66.6 Å². The van der Waals surface area contributed by atoms with E-state index in [0.717, 1.165) is 16.0 Å². The average molecular weight is 533 g/mol. The van der Waals surface area contributed by atoms with Gasteiger partial charge < -0.3 is 14.6 Å². The summed E-state index contributed by atoms with van der Waals surface area (Å²) in [7, 11) is 1.56. The molecular weight excluding hydrogens is 512 g/mol. The first-order chi connectivity index (χ1) is 17.8. The largest absolute Gasteiger partial charge is 0.507 e. The van der Waals surface area contributed by atoms with Crippen LogP contribution in [0.5, 0.6) is 11.5 Å². The van der Waals surface area contributed by atoms with Crippen LogP contribution in [-0.4, -0.2) is 35.0 Å². The quantitative estimate of drug-likeness (QED) is 0.200. The lowest BCUT2D eigenvalue weighted by Gasteiger charge is -2.23. The van der Waals surface area contributed by atoms with Crippen LogP contribution in [0.3, 0.4) is 0 Å². The Kier molecular flexibility index (Phi) is 5.66. The van der Waals surface area contributed by atoms with E-state index >= 15 is 0 Å². The van der Waals surface area contributed by atoms with Crippen LogP contribution in [0.15, 0.2) is 66.2 Å². The molecule has 37 heavy (non-hydrogen) atoms. The summed E-state index contributed by atoms with van der Waals surface area (Å²) in [5.74, 6) is -0.396. The number of amides is 1. The second-order valence-electron chi connectivity index (χ2n) is 9.01. The van der Waals surface area contributed by atoms with E-state index in [1.54, 1.807) is 61.7 Å². The van der Waals surface area contributed by atoms with Gasteiger partial charge in [0.05, 0.1) is 28.9 Å². The van der Waals surface area contributed by atoms with Gasteiger partial charge in [-0.3, -0.25) is 14.5 Å². The highest BCUT2D eigenvalue weighted by molar-refractivity contribution is 7.22. The van der Waals surface area contributed by atoms with Crippen LogP contribution in [0.25, 0.3) is 16.0 Å². The number of benzene rings is 3. The number of methoxy groups -OCH3 is 1.